The third-order valence-corrected chi connectivity index (χ3v) is 4.00. The van der Waals surface area contributed by atoms with E-state index in [4.69, 9.17) is 9.47 Å². The topological polar surface area (TPSA) is 84.9 Å². The number of methoxy groups -OCH3 is 1. The number of carbonyl (C=O) groups excluding carboxylic acids is 3. The number of ether oxygens (including phenoxy) is 2. The zero-order valence-electron chi connectivity index (χ0n) is 16.4. The summed E-state index contributed by atoms with van der Waals surface area (Å²) in [7, 11) is 1.51. The third kappa shape index (κ3) is 5.09. The lowest BCUT2D eigenvalue weighted by Gasteiger charge is -2.23. The van der Waals surface area contributed by atoms with Gasteiger partial charge in [-0.05, 0) is 43.7 Å². The Balaban J connectivity index is 2.27. The molecule has 28 heavy (non-hydrogen) atoms. The van der Waals surface area contributed by atoms with E-state index in [-0.39, 0.29) is 24.6 Å². The van der Waals surface area contributed by atoms with Gasteiger partial charge in [-0.2, -0.15) is 0 Å². The fourth-order valence-corrected chi connectivity index (χ4v) is 2.71. The Morgan fingerprint density at radius 1 is 1.11 bits per heavy atom. The normalized spacial score (nSPS) is 10.1. The summed E-state index contributed by atoms with van der Waals surface area (Å²) < 4.78 is 10.3. The minimum atomic E-state index is -0.551. The van der Waals surface area contributed by atoms with E-state index in [0.717, 1.165) is 5.56 Å². The number of esters is 1. The van der Waals surface area contributed by atoms with Crippen molar-refractivity contribution >= 4 is 29.2 Å². The van der Waals surface area contributed by atoms with Crippen molar-refractivity contribution in [2.24, 2.45) is 0 Å². The maximum atomic E-state index is 12.6. The number of rotatable bonds is 7. The highest BCUT2D eigenvalue weighted by Gasteiger charge is 2.22. The zero-order valence-corrected chi connectivity index (χ0v) is 16.4. The van der Waals surface area contributed by atoms with E-state index in [9.17, 15) is 14.4 Å². The van der Waals surface area contributed by atoms with Gasteiger partial charge in [-0.1, -0.05) is 18.2 Å². The van der Waals surface area contributed by atoms with E-state index >= 15 is 0 Å². The molecule has 148 valence electrons. The zero-order chi connectivity index (χ0) is 20.7. The Labute approximate surface area is 164 Å². The first-order chi connectivity index (χ1) is 13.4. The maximum absolute atomic E-state index is 12.6. The van der Waals surface area contributed by atoms with E-state index < -0.39 is 11.9 Å². The molecule has 2 rings (SSSR count). The molecule has 2 aromatic carbocycles. The number of hydrogen-bond acceptors (Lipinski definition) is 5. The molecule has 0 aliphatic rings. The Hall–Kier alpha value is -3.35. The van der Waals surface area contributed by atoms with Crippen LogP contribution in [0.1, 0.15) is 29.8 Å². The number of nitrogens with one attached hydrogen (secondary N) is 1. The summed E-state index contributed by atoms with van der Waals surface area (Å²) >= 11 is 0. The van der Waals surface area contributed by atoms with Crippen molar-refractivity contribution in [2.75, 3.05) is 30.5 Å². The van der Waals surface area contributed by atoms with Gasteiger partial charge in [0.2, 0.25) is 11.8 Å². The predicted molar refractivity (Wildman–Crippen MR) is 107 cm³/mol. The van der Waals surface area contributed by atoms with Crippen LogP contribution in [0.2, 0.25) is 0 Å². The van der Waals surface area contributed by atoms with Gasteiger partial charge in [0.15, 0.2) is 0 Å². The van der Waals surface area contributed by atoms with Crippen LogP contribution in [-0.2, 0) is 14.3 Å². The molecule has 0 bridgehead atoms. The van der Waals surface area contributed by atoms with Crippen molar-refractivity contribution in [3.8, 4) is 5.75 Å². The van der Waals surface area contributed by atoms with Crippen molar-refractivity contribution < 1.29 is 23.9 Å². The lowest BCUT2D eigenvalue weighted by molar-refractivity contribution is -0.120. The molecule has 0 saturated heterocycles. The highest BCUT2D eigenvalue weighted by Crippen LogP contribution is 2.26. The number of anilines is 2. The Kier molecular flexibility index (Phi) is 7.14. The van der Waals surface area contributed by atoms with Gasteiger partial charge in [-0.3, -0.25) is 9.59 Å². The fourth-order valence-electron chi connectivity index (χ4n) is 2.71. The number of benzene rings is 2. The molecule has 0 saturated carbocycles. The van der Waals surface area contributed by atoms with Crippen LogP contribution in [0.25, 0.3) is 0 Å². The molecule has 0 aliphatic carbocycles. The quantitative estimate of drug-likeness (QED) is 0.741. The SMILES string of the molecule is CCOC(=O)c1ccccc1N(CC(=O)Nc1cc(C)ccc1OC)C(C)=O. The largest absolute Gasteiger partial charge is 0.495 e. The number of carbonyl (C=O) groups is 3. The predicted octanol–water partition coefficient (Wildman–Crippen LogP) is 3.17. The molecule has 2 amide bonds. The monoisotopic (exact) mass is 384 g/mol. The van der Waals surface area contributed by atoms with Gasteiger partial charge < -0.3 is 19.7 Å². The molecule has 0 spiro atoms. The number of amides is 2. The molecule has 7 heteroatoms. The highest BCUT2D eigenvalue weighted by molar-refractivity contribution is 6.06. The number of para-hydroxylation sites is 1. The van der Waals surface area contributed by atoms with Gasteiger partial charge in [-0.25, -0.2) is 4.79 Å². The van der Waals surface area contributed by atoms with Crippen LogP contribution < -0.4 is 15.0 Å². The summed E-state index contributed by atoms with van der Waals surface area (Å²) in [6.07, 6.45) is 0. The average Bonchev–Trinajstić information content (AvgIpc) is 2.66. The van der Waals surface area contributed by atoms with Gasteiger partial charge in [0.25, 0.3) is 0 Å². The van der Waals surface area contributed by atoms with E-state index in [1.807, 2.05) is 13.0 Å². The third-order valence-electron chi connectivity index (χ3n) is 4.00. The van der Waals surface area contributed by atoms with Crippen molar-refractivity contribution in [3.63, 3.8) is 0 Å². The first kappa shape index (κ1) is 21.0. The number of hydrogen-bond donors (Lipinski definition) is 1. The van der Waals surface area contributed by atoms with Crippen LogP contribution in [0.5, 0.6) is 5.75 Å². The van der Waals surface area contributed by atoms with Crippen LogP contribution in [0.15, 0.2) is 42.5 Å². The van der Waals surface area contributed by atoms with Crippen LogP contribution >= 0.6 is 0 Å². The molecule has 0 radical (unpaired) electrons. The average molecular weight is 384 g/mol. The minimum Gasteiger partial charge on any atom is -0.495 e. The van der Waals surface area contributed by atoms with Crippen LogP contribution in [0, 0.1) is 6.92 Å². The van der Waals surface area contributed by atoms with Gasteiger partial charge >= 0.3 is 5.97 Å². The van der Waals surface area contributed by atoms with Gasteiger partial charge in [0, 0.05) is 6.92 Å². The Morgan fingerprint density at radius 2 is 1.82 bits per heavy atom. The summed E-state index contributed by atoms with van der Waals surface area (Å²) in [5.41, 5.74) is 2.00. The maximum Gasteiger partial charge on any atom is 0.340 e. The molecule has 2 aromatic rings. The highest BCUT2D eigenvalue weighted by atomic mass is 16.5. The second-order valence-corrected chi connectivity index (χ2v) is 6.09. The summed E-state index contributed by atoms with van der Waals surface area (Å²) in [5.74, 6) is -0.828. The van der Waals surface area contributed by atoms with Crippen molar-refractivity contribution in [3.05, 3.63) is 53.6 Å². The van der Waals surface area contributed by atoms with E-state index in [0.29, 0.717) is 17.1 Å². The molecule has 0 fully saturated rings. The molecule has 0 unspecified atom stereocenters. The molecule has 0 heterocycles. The molecular weight excluding hydrogens is 360 g/mol. The number of nitrogens with zero attached hydrogens (tertiary/aromatic N) is 1. The Morgan fingerprint density at radius 3 is 2.46 bits per heavy atom. The molecule has 0 aliphatic heterocycles. The molecule has 7 nitrogen and oxygen atoms in total. The summed E-state index contributed by atoms with van der Waals surface area (Å²) in [5, 5.41) is 2.76. The summed E-state index contributed by atoms with van der Waals surface area (Å²) in [6, 6.07) is 11.9. The van der Waals surface area contributed by atoms with Gasteiger partial charge in [-0.15, -0.1) is 0 Å². The van der Waals surface area contributed by atoms with E-state index in [1.165, 1.54) is 18.9 Å². The van der Waals surface area contributed by atoms with Crippen LogP contribution in [0.3, 0.4) is 0 Å². The first-order valence-corrected chi connectivity index (χ1v) is 8.86. The van der Waals surface area contributed by atoms with Crippen LogP contribution in [0.4, 0.5) is 11.4 Å². The fraction of sp³-hybridized carbons (Fsp3) is 0.286. The Bertz CT molecular complexity index is 879. The lowest BCUT2D eigenvalue weighted by atomic mass is 10.1. The van der Waals surface area contributed by atoms with Gasteiger partial charge in [0.05, 0.1) is 30.7 Å². The standard InChI is InChI=1S/C21H24N2O5/c1-5-28-21(26)16-8-6-7-9-18(16)23(15(3)24)13-20(25)22-17-12-14(2)10-11-19(17)27-4/h6-12H,5,13H2,1-4H3,(H,22,25). The first-order valence-electron chi connectivity index (χ1n) is 8.86. The lowest BCUT2D eigenvalue weighted by Crippen LogP contribution is -2.37. The smallest absolute Gasteiger partial charge is 0.340 e. The molecule has 1 N–H and O–H groups in total. The van der Waals surface area contributed by atoms with Gasteiger partial charge in [0.1, 0.15) is 12.3 Å². The van der Waals surface area contributed by atoms with E-state index in [2.05, 4.69) is 5.32 Å². The molecular formula is C21H24N2O5. The molecule has 0 aromatic heterocycles. The second-order valence-electron chi connectivity index (χ2n) is 6.09. The minimum absolute atomic E-state index is 0.209. The van der Waals surface area contributed by atoms with E-state index in [1.54, 1.807) is 43.3 Å². The second kappa shape index (κ2) is 9.55. The summed E-state index contributed by atoms with van der Waals surface area (Å²) in [4.78, 5) is 38.3. The van der Waals surface area contributed by atoms with Crippen molar-refractivity contribution in [1.82, 2.24) is 0 Å². The van der Waals surface area contributed by atoms with Crippen molar-refractivity contribution in [1.29, 1.82) is 0 Å². The van der Waals surface area contributed by atoms with Crippen LogP contribution in [-0.4, -0.2) is 38.0 Å². The van der Waals surface area contributed by atoms with Crippen molar-refractivity contribution in [2.45, 2.75) is 20.8 Å². The number of aryl methyl sites for hydroxylation is 1. The molecule has 0 atom stereocenters. The summed E-state index contributed by atoms with van der Waals surface area (Å²) in [6.45, 7) is 4.88.